The number of carbonyl (C=O) groups is 2. The molecule has 1 aliphatic carbocycles. The van der Waals surface area contributed by atoms with Crippen LogP contribution in [-0.2, 0) is 25.0 Å². The van der Waals surface area contributed by atoms with Gasteiger partial charge in [-0.2, -0.15) is 8.42 Å². The van der Waals surface area contributed by atoms with Gasteiger partial charge in [0.15, 0.2) is 11.6 Å². The van der Waals surface area contributed by atoms with Crippen molar-refractivity contribution in [3.8, 4) is 0 Å². The van der Waals surface area contributed by atoms with Crippen LogP contribution >= 0.6 is 0 Å². The van der Waals surface area contributed by atoms with Gasteiger partial charge in [-0.15, -0.1) is 4.40 Å². The zero-order valence-electron chi connectivity index (χ0n) is 20.4. The number of amidine groups is 1. The summed E-state index contributed by atoms with van der Waals surface area (Å²) in [5, 5.41) is 18.8. The van der Waals surface area contributed by atoms with Crippen LogP contribution in [0.3, 0.4) is 0 Å². The summed E-state index contributed by atoms with van der Waals surface area (Å²) in [7, 11) is -4.24. The fourth-order valence-electron chi connectivity index (χ4n) is 4.39. The van der Waals surface area contributed by atoms with Gasteiger partial charge >= 0.3 is 29.6 Å². The first-order valence-electron chi connectivity index (χ1n) is 11.0. The van der Waals surface area contributed by atoms with Crippen LogP contribution in [0.4, 0.5) is 11.4 Å². The van der Waals surface area contributed by atoms with E-state index in [0.29, 0.717) is 29.2 Å². The molecule has 178 valence electrons. The molecule has 0 spiro atoms. The summed E-state index contributed by atoms with van der Waals surface area (Å²) in [5.41, 5.74) is 0.238. The molecule has 0 saturated carbocycles. The van der Waals surface area contributed by atoms with Crippen LogP contribution in [0.2, 0.25) is 0 Å². The second-order valence-corrected chi connectivity index (χ2v) is 10.8. The first kappa shape index (κ1) is 27.1. The van der Waals surface area contributed by atoms with Gasteiger partial charge in [0.25, 0.3) is 10.0 Å². The number of rotatable bonds is 5. The Morgan fingerprint density at radius 2 is 1.89 bits per heavy atom. The van der Waals surface area contributed by atoms with Gasteiger partial charge < -0.3 is 15.7 Å². The number of ketones is 1. The fourth-order valence-corrected chi connectivity index (χ4v) is 5.54. The number of hydrogen-bond acceptors (Lipinski definition) is 6. The third-order valence-electron chi connectivity index (χ3n) is 6.22. The minimum Gasteiger partial charge on any atom is -0.871 e. The number of carbonyl (C=O) groups excluding carboxylic acids is 2. The molecule has 8 nitrogen and oxygen atoms in total. The Balaban J connectivity index is 0.00000342. The molecule has 0 bridgehead atoms. The van der Waals surface area contributed by atoms with Crippen LogP contribution in [-0.4, -0.2) is 25.9 Å². The van der Waals surface area contributed by atoms with E-state index in [2.05, 4.69) is 28.9 Å². The predicted molar refractivity (Wildman–Crippen MR) is 129 cm³/mol. The summed E-state index contributed by atoms with van der Waals surface area (Å²) in [6.07, 6.45) is 1.26. The zero-order valence-corrected chi connectivity index (χ0v) is 23.2. The van der Waals surface area contributed by atoms with Gasteiger partial charge in [-0.1, -0.05) is 43.9 Å². The Hall–Kier alpha value is -2.46. The summed E-state index contributed by atoms with van der Waals surface area (Å²) in [5.74, 6) is -1.29. The average Bonchev–Trinajstić information content (AvgIpc) is 2.76. The third kappa shape index (κ3) is 4.95. The minimum absolute atomic E-state index is 0. The number of anilines is 2. The van der Waals surface area contributed by atoms with Gasteiger partial charge in [0.2, 0.25) is 5.91 Å². The van der Waals surface area contributed by atoms with E-state index in [9.17, 15) is 23.1 Å². The molecule has 0 aromatic heterocycles. The number of fused-ring (bicyclic) bond motifs is 2. The van der Waals surface area contributed by atoms with Crippen molar-refractivity contribution in [2.45, 2.75) is 50.8 Å². The summed E-state index contributed by atoms with van der Waals surface area (Å²) < 4.78 is 29.9. The van der Waals surface area contributed by atoms with Gasteiger partial charge in [0.05, 0.1) is 16.7 Å². The number of Topliss-reactive ketones (excluding diaryl/α,β-unsaturated/α-hetero) is 1. The van der Waals surface area contributed by atoms with Crippen molar-refractivity contribution < 1.29 is 52.7 Å². The van der Waals surface area contributed by atoms with E-state index in [1.54, 1.807) is 31.2 Å². The number of sulfonamides is 1. The second kappa shape index (κ2) is 9.89. The summed E-state index contributed by atoms with van der Waals surface area (Å²) in [6.45, 7) is 7.23. The van der Waals surface area contributed by atoms with Crippen molar-refractivity contribution in [2.75, 3.05) is 10.6 Å². The number of hydrogen-bond donors (Lipinski definition) is 2. The van der Waals surface area contributed by atoms with Gasteiger partial charge in [-0.05, 0) is 55.0 Å². The van der Waals surface area contributed by atoms with E-state index in [0.717, 1.165) is 6.42 Å². The number of amides is 1. The number of benzene rings is 2. The molecule has 35 heavy (non-hydrogen) atoms. The standard InChI is InChI=1S/C25H27N3O5S.Na/c1-14(2)11-12-25(4)18-8-6-5-7-17(18)22(30)21(23(25)31)24-27-19-10-9-16(26-15(3)29)13-20(19)34(32,33)28-24;/h5-10,13-14,30H,11-12H2,1-4H3,(H,26,29)(H,27,28);/q;+1/p-1/t25-;/m1./s1. The Kier molecular flexibility index (Phi) is 7.67. The molecule has 0 radical (unpaired) electrons. The second-order valence-electron chi connectivity index (χ2n) is 9.28. The molecule has 4 rings (SSSR count). The molecule has 1 heterocycles. The van der Waals surface area contributed by atoms with Gasteiger partial charge in [0.1, 0.15) is 4.90 Å². The van der Waals surface area contributed by atoms with Gasteiger partial charge in [-0.25, -0.2) is 0 Å². The van der Waals surface area contributed by atoms with Crippen molar-refractivity contribution in [1.29, 1.82) is 0 Å². The Labute approximate surface area is 227 Å². The fraction of sp³-hybridized carbons (Fsp3) is 0.320. The van der Waals surface area contributed by atoms with Gasteiger partial charge in [-0.3, -0.25) is 9.59 Å². The van der Waals surface area contributed by atoms with Crippen LogP contribution in [0, 0.1) is 5.92 Å². The molecule has 2 aromatic rings. The Morgan fingerprint density at radius 3 is 2.54 bits per heavy atom. The molecule has 0 unspecified atom stereocenters. The van der Waals surface area contributed by atoms with E-state index >= 15 is 0 Å². The van der Waals surface area contributed by atoms with Crippen molar-refractivity contribution in [3.05, 3.63) is 59.2 Å². The quantitative estimate of drug-likeness (QED) is 0.562. The largest absolute Gasteiger partial charge is 1.00 e. The number of nitrogens with one attached hydrogen (secondary N) is 2. The average molecular weight is 504 g/mol. The third-order valence-corrected chi connectivity index (χ3v) is 7.54. The van der Waals surface area contributed by atoms with E-state index in [1.807, 2.05) is 0 Å². The monoisotopic (exact) mass is 503 g/mol. The predicted octanol–water partition coefficient (Wildman–Crippen LogP) is 0.210. The van der Waals surface area contributed by atoms with E-state index in [1.165, 1.54) is 25.1 Å². The number of nitrogens with zero attached hydrogens (tertiary/aromatic N) is 1. The molecule has 1 aliphatic heterocycles. The topological polar surface area (TPSA) is 128 Å². The maximum Gasteiger partial charge on any atom is 1.00 e. The van der Waals surface area contributed by atoms with Crippen LogP contribution in [0.25, 0.3) is 5.76 Å². The SMILES string of the molecule is CC(=O)Nc1ccc2c(c1)S(=O)(=O)N=C(C1=C([O-])c3ccccc3[C@@](C)(CCC(C)C)C1=O)N2.[Na+]. The maximum absolute atomic E-state index is 13.8. The van der Waals surface area contributed by atoms with Crippen LogP contribution in [0.1, 0.15) is 51.7 Å². The Bertz CT molecular complexity index is 1380. The Morgan fingerprint density at radius 1 is 1.20 bits per heavy atom. The summed E-state index contributed by atoms with van der Waals surface area (Å²) in [4.78, 5) is 25.0. The minimum atomic E-state index is -4.24. The first-order chi connectivity index (χ1) is 15.9. The smallest absolute Gasteiger partial charge is 0.871 e. The van der Waals surface area contributed by atoms with E-state index < -0.39 is 27.0 Å². The van der Waals surface area contributed by atoms with Crippen LogP contribution in [0.5, 0.6) is 0 Å². The molecule has 1 amide bonds. The van der Waals surface area contributed by atoms with Crippen LogP contribution in [0.15, 0.2) is 57.3 Å². The molecule has 0 saturated heterocycles. The molecule has 10 heteroatoms. The van der Waals surface area contributed by atoms with Crippen molar-refractivity contribution in [1.82, 2.24) is 0 Å². The zero-order chi connectivity index (χ0) is 24.8. The summed E-state index contributed by atoms with van der Waals surface area (Å²) >= 11 is 0. The molecule has 0 fully saturated rings. The first-order valence-corrected chi connectivity index (χ1v) is 12.5. The van der Waals surface area contributed by atoms with Crippen molar-refractivity contribution >= 4 is 44.7 Å². The van der Waals surface area contributed by atoms with Crippen LogP contribution < -0.4 is 45.3 Å². The molecule has 2 aliphatic rings. The molecule has 1 atom stereocenters. The van der Waals surface area contributed by atoms with Crippen molar-refractivity contribution in [2.24, 2.45) is 10.3 Å². The van der Waals surface area contributed by atoms with Crippen molar-refractivity contribution in [3.63, 3.8) is 0 Å². The molecule has 2 aromatic carbocycles. The molecule has 2 N–H and O–H groups in total. The molecular formula is C25H26N3NaO5S. The maximum atomic E-state index is 13.8. The normalized spacial score (nSPS) is 20.3. The van der Waals surface area contributed by atoms with E-state index in [-0.39, 0.29) is 57.5 Å². The molecular weight excluding hydrogens is 477 g/mol. The summed E-state index contributed by atoms with van der Waals surface area (Å²) in [6, 6.07) is 11.2. The van der Waals surface area contributed by atoms with Gasteiger partial charge in [0, 0.05) is 12.6 Å². The van der Waals surface area contributed by atoms with E-state index in [4.69, 9.17) is 0 Å².